The van der Waals surface area contributed by atoms with Gasteiger partial charge in [0, 0.05) is 48.9 Å². The van der Waals surface area contributed by atoms with E-state index < -0.39 is 28.2 Å². The minimum Gasteiger partial charge on any atom is -0.501 e. The third-order valence-electron chi connectivity index (χ3n) is 7.27. The van der Waals surface area contributed by atoms with Crippen molar-refractivity contribution < 1.29 is 35.5 Å². The molecular formula is C40H36IrN2OSi-2. The van der Waals surface area contributed by atoms with Gasteiger partial charge in [-0.25, -0.2) is 0 Å². The summed E-state index contributed by atoms with van der Waals surface area (Å²) in [4.78, 5) is 8.86. The van der Waals surface area contributed by atoms with E-state index in [-0.39, 0.29) is 31.2 Å². The van der Waals surface area contributed by atoms with Crippen molar-refractivity contribution in [2.75, 3.05) is 0 Å². The van der Waals surface area contributed by atoms with E-state index in [4.69, 9.17) is 15.4 Å². The van der Waals surface area contributed by atoms with Crippen LogP contribution in [-0.2, 0) is 26.5 Å². The molecular weight excluding hydrogens is 745 g/mol. The Kier molecular flexibility index (Phi) is 7.16. The van der Waals surface area contributed by atoms with Crippen LogP contribution in [-0.4, -0.2) is 18.0 Å². The molecule has 4 aromatic carbocycles. The van der Waals surface area contributed by atoms with Crippen LogP contribution in [0, 0.1) is 25.8 Å². The SMILES string of the molecule is [2H]C([2H])([2H])c1c[c-]c(-c2ccc([Si](C)(C)C)cn2)cc1.[2H]C([2H])([2H])c1cnc(-c2[c-]ccc3c2oc2ccccc23)cc1C([2H])([2H])c1ccccc1.[Ir]. The van der Waals surface area contributed by atoms with Gasteiger partial charge in [0.25, 0.3) is 0 Å². The van der Waals surface area contributed by atoms with Crippen LogP contribution in [0.4, 0.5) is 0 Å². The van der Waals surface area contributed by atoms with E-state index in [1.807, 2.05) is 42.6 Å². The van der Waals surface area contributed by atoms with Crippen molar-refractivity contribution in [3.05, 3.63) is 150 Å². The van der Waals surface area contributed by atoms with Crippen molar-refractivity contribution in [1.29, 1.82) is 0 Å². The predicted molar refractivity (Wildman–Crippen MR) is 186 cm³/mol. The van der Waals surface area contributed by atoms with E-state index in [1.54, 1.807) is 48.5 Å². The van der Waals surface area contributed by atoms with Crippen molar-refractivity contribution in [1.82, 2.24) is 9.97 Å². The number of para-hydroxylation sites is 1. The minimum absolute atomic E-state index is 0. The van der Waals surface area contributed by atoms with Gasteiger partial charge < -0.3 is 14.4 Å². The van der Waals surface area contributed by atoms with Crippen LogP contribution in [0.2, 0.25) is 19.6 Å². The Balaban J connectivity index is 0.000000223. The Hall–Kier alpha value is -4.15. The van der Waals surface area contributed by atoms with E-state index in [1.165, 1.54) is 23.5 Å². The van der Waals surface area contributed by atoms with E-state index in [0.717, 1.165) is 27.6 Å². The van der Waals surface area contributed by atoms with Gasteiger partial charge >= 0.3 is 0 Å². The van der Waals surface area contributed by atoms with Gasteiger partial charge in [0.15, 0.2) is 0 Å². The molecule has 7 aromatic rings. The Morgan fingerprint density at radius 2 is 1.60 bits per heavy atom. The number of benzene rings is 4. The van der Waals surface area contributed by atoms with Crippen LogP contribution in [0.5, 0.6) is 0 Å². The maximum atomic E-state index is 8.79. The second-order valence-corrected chi connectivity index (χ2v) is 16.6. The van der Waals surface area contributed by atoms with E-state index >= 15 is 0 Å². The van der Waals surface area contributed by atoms with Crippen LogP contribution in [0.1, 0.15) is 33.2 Å². The Morgan fingerprint density at radius 3 is 2.31 bits per heavy atom. The number of furan rings is 1. The van der Waals surface area contributed by atoms with Crippen molar-refractivity contribution in [3.63, 3.8) is 0 Å². The molecule has 0 N–H and O–H groups in total. The number of rotatable bonds is 5. The summed E-state index contributed by atoms with van der Waals surface area (Å²) in [5, 5.41) is 3.15. The summed E-state index contributed by atoms with van der Waals surface area (Å²) < 4.78 is 69.5. The standard InChI is InChI=1S/C25H18NO.C15H18NSi.Ir/c1-17-16-26-23(15-19(17)14-18-8-3-2-4-9-18)22-12-7-11-21-20-10-5-6-13-24(20)27-25(21)22;1-12-5-7-13(8-6-12)15-10-9-14(11-16-15)17(2,3)4;/h2-11,13,15-16H,14H2,1H3;5-7,9-11H,1-4H3;/q2*-1;/i1D3,14D2;1D3;. The maximum Gasteiger partial charge on any atom is 0.120 e. The summed E-state index contributed by atoms with van der Waals surface area (Å²) in [6.45, 7) is 2.24. The molecule has 7 rings (SSSR count). The Morgan fingerprint density at radius 1 is 0.800 bits per heavy atom. The molecule has 0 atom stereocenters. The molecule has 227 valence electrons. The molecule has 5 heteroatoms. The second kappa shape index (κ2) is 13.9. The average molecular weight is 789 g/mol. The molecule has 0 aliphatic heterocycles. The number of hydrogen-bond donors (Lipinski definition) is 0. The van der Waals surface area contributed by atoms with Crippen LogP contribution in [0.3, 0.4) is 0 Å². The summed E-state index contributed by atoms with van der Waals surface area (Å²) in [5.74, 6) is 0. The normalized spacial score (nSPS) is 14.6. The molecule has 0 amide bonds. The minimum atomic E-state index is -2.52. The van der Waals surface area contributed by atoms with E-state index in [9.17, 15) is 0 Å². The first kappa shape index (κ1) is 23.2. The van der Waals surface area contributed by atoms with Gasteiger partial charge in [-0.15, -0.1) is 53.6 Å². The molecule has 1 radical (unpaired) electrons. The topological polar surface area (TPSA) is 38.9 Å². The van der Waals surface area contributed by atoms with Crippen molar-refractivity contribution >= 4 is 35.2 Å². The summed E-state index contributed by atoms with van der Waals surface area (Å²) >= 11 is 0. The molecule has 3 nitrogen and oxygen atoms in total. The monoisotopic (exact) mass is 789 g/mol. The van der Waals surface area contributed by atoms with Gasteiger partial charge in [0.05, 0.1) is 13.7 Å². The molecule has 45 heavy (non-hydrogen) atoms. The third kappa shape index (κ3) is 7.40. The van der Waals surface area contributed by atoms with Crippen LogP contribution in [0.25, 0.3) is 44.5 Å². The number of fused-ring (bicyclic) bond motifs is 3. The smallest absolute Gasteiger partial charge is 0.120 e. The summed E-state index contributed by atoms with van der Waals surface area (Å²) in [7, 11) is -1.34. The van der Waals surface area contributed by atoms with Crippen molar-refractivity contribution in [2.24, 2.45) is 0 Å². The van der Waals surface area contributed by atoms with Gasteiger partial charge in [-0.1, -0.05) is 104 Å². The quantitative estimate of drug-likeness (QED) is 0.129. The van der Waals surface area contributed by atoms with Gasteiger partial charge in [-0.05, 0) is 52.6 Å². The van der Waals surface area contributed by atoms with Gasteiger partial charge in [0.1, 0.15) is 5.58 Å². The largest absolute Gasteiger partial charge is 0.501 e. The molecule has 3 heterocycles. The molecule has 0 spiro atoms. The van der Waals surface area contributed by atoms with Crippen molar-refractivity contribution in [2.45, 2.75) is 39.7 Å². The van der Waals surface area contributed by atoms with Gasteiger partial charge in [-0.3, -0.25) is 0 Å². The Labute approximate surface area is 292 Å². The molecule has 0 aliphatic carbocycles. The molecule has 3 aromatic heterocycles. The van der Waals surface area contributed by atoms with Crippen LogP contribution >= 0.6 is 0 Å². The molecule has 0 fully saturated rings. The summed E-state index contributed by atoms with van der Waals surface area (Å²) in [5.41, 5.74) is 4.51. The summed E-state index contributed by atoms with van der Waals surface area (Å²) in [6, 6.07) is 36.6. The van der Waals surface area contributed by atoms with Crippen LogP contribution in [0.15, 0.2) is 120 Å². The first-order chi connectivity index (χ1) is 24.4. The van der Waals surface area contributed by atoms with Crippen molar-refractivity contribution in [3.8, 4) is 22.5 Å². The van der Waals surface area contributed by atoms with Gasteiger partial charge in [0.2, 0.25) is 0 Å². The number of aryl methyl sites for hydroxylation is 2. The molecule has 0 saturated carbocycles. The zero-order valence-corrected chi connectivity index (χ0v) is 28.5. The second-order valence-electron chi connectivity index (χ2n) is 11.5. The number of pyridine rings is 2. The fraction of sp³-hybridized carbons (Fsp3) is 0.150. The molecule has 0 unspecified atom stereocenters. The fourth-order valence-corrected chi connectivity index (χ4v) is 5.87. The van der Waals surface area contributed by atoms with E-state index in [2.05, 4.69) is 47.8 Å². The zero-order chi connectivity index (χ0) is 37.5. The molecule has 0 saturated heterocycles. The molecule has 0 bridgehead atoms. The zero-order valence-electron chi connectivity index (χ0n) is 33.1. The van der Waals surface area contributed by atoms with E-state index in [0.29, 0.717) is 28.0 Å². The first-order valence-electron chi connectivity index (χ1n) is 18.3. The number of nitrogens with zero attached hydrogens (tertiary/aromatic N) is 2. The molecule has 0 aliphatic rings. The third-order valence-corrected chi connectivity index (χ3v) is 9.30. The Bertz CT molecular complexity index is 2280. The van der Waals surface area contributed by atoms with Gasteiger partial charge in [-0.2, -0.15) is 0 Å². The number of aromatic nitrogens is 2. The predicted octanol–water partition coefficient (Wildman–Crippen LogP) is 9.75. The summed E-state index contributed by atoms with van der Waals surface area (Å²) in [6.07, 6.45) is 1.13. The maximum absolute atomic E-state index is 8.79. The fourth-order valence-electron chi connectivity index (χ4n) is 4.83. The number of hydrogen-bond acceptors (Lipinski definition) is 3. The first-order valence-corrected chi connectivity index (χ1v) is 17.8. The average Bonchev–Trinajstić information content (AvgIpc) is 3.50. The van der Waals surface area contributed by atoms with Crippen LogP contribution < -0.4 is 5.19 Å².